The summed E-state index contributed by atoms with van der Waals surface area (Å²) < 4.78 is 2.91. The van der Waals surface area contributed by atoms with E-state index in [9.17, 15) is 14.4 Å². The van der Waals surface area contributed by atoms with E-state index < -0.39 is 0 Å². The number of Topliss-reactive ketones (excluding diaryl/α,β-unsaturated/α-hetero) is 1. The summed E-state index contributed by atoms with van der Waals surface area (Å²) in [5.74, 6) is -0.528. The van der Waals surface area contributed by atoms with E-state index in [1.54, 1.807) is 18.5 Å². The fourth-order valence-electron chi connectivity index (χ4n) is 2.31. The molecule has 0 aliphatic rings. The quantitative estimate of drug-likeness (QED) is 0.737. The van der Waals surface area contributed by atoms with E-state index >= 15 is 0 Å². The minimum atomic E-state index is -0.368. The molecule has 0 saturated heterocycles. The van der Waals surface area contributed by atoms with Crippen LogP contribution in [-0.4, -0.2) is 25.8 Å². The normalized spacial score (nSPS) is 10.9. The molecular weight excluding hydrogens is 316 g/mol. The van der Waals surface area contributed by atoms with Gasteiger partial charge in [-0.2, -0.15) is 0 Å². The standard InChI is InChI=1S/C15H14N4O3S/c1-9(20)10-8-23-14(16-10)17-13(21)7-19-12-6-4-3-5-11(12)18(2)15(19)22/h3-6,8H,7H2,1-2H3,(H,16,17,21). The molecular formula is C15H14N4O3S. The second-order valence-corrected chi connectivity index (χ2v) is 5.92. The minimum absolute atomic E-state index is 0.116. The van der Waals surface area contributed by atoms with Gasteiger partial charge >= 0.3 is 5.69 Å². The lowest BCUT2D eigenvalue weighted by molar-refractivity contribution is -0.116. The number of benzene rings is 1. The summed E-state index contributed by atoms with van der Waals surface area (Å²) in [5.41, 5.74) is 1.51. The molecule has 0 aliphatic heterocycles. The van der Waals surface area contributed by atoms with Crippen LogP contribution in [0.2, 0.25) is 0 Å². The molecule has 0 bridgehead atoms. The van der Waals surface area contributed by atoms with Crippen molar-refractivity contribution >= 4 is 39.2 Å². The zero-order valence-corrected chi connectivity index (χ0v) is 13.4. The summed E-state index contributed by atoms with van der Waals surface area (Å²) in [6.07, 6.45) is 0. The molecule has 0 unspecified atom stereocenters. The number of hydrogen-bond donors (Lipinski definition) is 1. The number of nitrogens with zero attached hydrogens (tertiary/aromatic N) is 3. The molecule has 0 spiro atoms. The number of rotatable bonds is 4. The van der Waals surface area contributed by atoms with Crippen LogP contribution >= 0.6 is 11.3 Å². The second kappa shape index (κ2) is 5.81. The van der Waals surface area contributed by atoms with E-state index in [4.69, 9.17) is 0 Å². The Kier molecular flexibility index (Phi) is 3.83. The summed E-state index contributed by atoms with van der Waals surface area (Å²) >= 11 is 1.17. The van der Waals surface area contributed by atoms with Gasteiger partial charge in [0, 0.05) is 19.4 Å². The number of ketones is 1. The lowest BCUT2D eigenvalue weighted by atomic mass is 10.3. The third-order valence-corrected chi connectivity index (χ3v) is 4.22. The van der Waals surface area contributed by atoms with Gasteiger partial charge in [-0.25, -0.2) is 9.78 Å². The van der Waals surface area contributed by atoms with Gasteiger partial charge in [-0.15, -0.1) is 11.3 Å². The number of para-hydroxylation sites is 2. The monoisotopic (exact) mass is 330 g/mol. The number of aromatic nitrogens is 3. The maximum Gasteiger partial charge on any atom is 0.329 e. The topological polar surface area (TPSA) is 86.0 Å². The predicted molar refractivity (Wildman–Crippen MR) is 87.9 cm³/mol. The van der Waals surface area contributed by atoms with Crippen molar-refractivity contribution in [2.75, 3.05) is 5.32 Å². The van der Waals surface area contributed by atoms with Gasteiger partial charge in [-0.05, 0) is 12.1 Å². The van der Waals surface area contributed by atoms with Crippen molar-refractivity contribution in [3.63, 3.8) is 0 Å². The Bertz CT molecular complexity index is 967. The summed E-state index contributed by atoms with van der Waals surface area (Å²) in [6, 6.07) is 7.27. The molecule has 8 heteroatoms. The second-order valence-electron chi connectivity index (χ2n) is 5.06. The van der Waals surface area contributed by atoms with Crippen molar-refractivity contribution < 1.29 is 9.59 Å². The lowest BCUT2D eigenvalue weighted by Gasteiger charge is -2.03. The Morgan fingerprint density at radius 2 is 1.96 bits per heavy atom. The first kappa shape index (κ1) is 15.2. The highest BCUT2D eigenvalue weighted by atomic mass is 32.1. The minimum Gasteiger partial charge on any atom is -0.300 e. The molecule has 2 aromatic heterocycles. The molecule has 118 valence electrons. The molecule has 23 heavy (non-hydrogen) atoms. The highest BCUT2D eigenvalue weighted by molar-refractivity contribution is 7.14. The van der Waals surface area contributed by atoms with Crippen molar-refractivity contribution in [3.05, 3.63) is 45.8 Å². The number of thiazole rings is 1. The molecule has 1 N–H and O–H groups in total. The van der Waals surface area contributed by atoms with Crippen LogP contribution in [0.5, 0.6) is 0 Å². The number of fused-ring (bicyclic) bond motifs is 1. The van der Waals surface area contributed by atoms with E-state index in [0.29, 0.717) is 16.3 Å². The summed E-state index contributed by atoms with van der Waals surface area (Å²) in [6.45, 7) is 1.30. The number of nitrogens with one attached hydrogen (secondary N) is 1. The summed E-state index contributed by atoms with van der Waals surface area (Å²) in [4.78, 5) is 39.7. The first-order chi connectivity index (χ1) is 11.0. The molecule has 1 amide bonds. The highest BCUT2D eigenvalue weighted by Crippen LogP contribution is 2.16. The summed E-state index contributed by atoms with van der Waals surface area (Å²) in [7, 11) is 1.67. The van der Waals surface area contributed by atoms with Crippen LogP contribution in [0.1, 0.15) is 17.4 Å². The molecule has 0 atom stereocenters. The first-order valence-corrected chi connectivity index (χ1v) is 7.76. The van der Waals surface area contributed by atoms with Crippen molar-refractivity contribution in [1.29, 1.82) is 0 Å². The largest absolute Gasteiger partial charge is 0.329 e. The lowest BCUT2D eigenvalue weighted by Crippen LogP contribution is -2.28. The molecule has 0 radical (unpaired) electrons. The Morgan fingerprint density at radius 1 is 1.26 bits per heavy atom. The fraction of sp³-hybridized carbons (Fsp3) is 0.200. The van der Waals surface area contributed by atoms with Gasteiger partial charge in [0.2, 0.25) is 5.91 Å². The zero-order chi connectivity index (χ0) is 16.6. The maximum atomic E-state index is 12.3. The molecule has 3 aromatic rings. The van der Waals surface area contributed by atoms with Crippen molar-refractivity contribution in [2.45, 2.75) is 13.5 Å². The Hall–Kier alpha value is -2.74. The van der Waals surface area contributed by atoms with Gasteiger partial charge in [0.05, 0.1) is 11.0 Å². The van der Waals surface area contributed by atoms with E-state index in [1.165, 1.54) is 27.4 Å². The van der Waals surface area contributed by atoms with Crippen molar-refractivity contribution in [1.82, 2.24) is 14.1 Å². The molecule has 0 fully saturated rings. The third kappa shape index (κ3) is 2.80. The number of amides is 1. The Balaban J connectivity index is 1.84. The average molecular weight is 330 g/mol. The Labute approximate surface area is 135 Å². The molecule has 1 aromatic carbocycles. The number of imidazole rings is 1. The average Bonchev–Trinajstić information content (AvgIpc) is 3.07. The number of aryl methyl sites for hydroxylation is 1. The van der Waals surface area contributed by atoms with E-state index in [-0.39, 0.29) is 23.9 Å². The molecule has 0 aliphatic carbocycles. The molecule has 7 nitrogen and oxygen atoms in total. The number of hydrogen-bond acceptors (Lipinski definition) is 5. The number of carbonyl (C=O) groups excluding carboxylic acids is 2. The third-order valence-electron chi connectivity index (χ3n) is 3.46. The van der Waals surface area contributed by atoms with Gasteiger partial charge in [0.25, 0.3) is 0 Å². The van der Waals surface area contributed by atoms with E-state index in [0.717, 1.165) is 5.52 Å². The smallest absolute Gasteiger partial charge is 0.300 e. The van der Waals surface area contributed by atoms with Crippen LogP contribution in [0.25, 0.3) is 11.0 Å². The van der Waals surface area contributed by atoms with Crippen LogP contribution in [0.3, 0.4) is 0 Å². The summed E-state index contributed by atoms with van der Waals surface area (Å²) in [5, 5.41) is 4.54. The first-order valence-electron chi connectivity index (χ1n) is 6.88. The van der Waals surface area contributed by atoms with Gasteiger partial charge in [0.1, 0.15) is 12.2 Å². The molecule has 3 rings (SSSR count). The van der Waals surface area contributed by atoms with Crippen LogP contribution in [0.15, 0.2) is 34.4 Å². The molecule has 0 saturated carbocycles. The van der Waals surface area contributed by atoms with Gasteiger partial charge in [-0.3, -0.25) is 18.7 Å². The number of anilines is 1. The van der Waals surface area contributed by atoms with Gasteiger partial charge < -0.3 is 5.32 Å². The van der Waals surface area contributed by atoms with E-state index in [2.05, 4.69) is 10.3 Å². The fourth-order valence-corrected chi connectivity index (χ4v) is 3.08. The van der Waals surface area contributed by atoms with Crippen LogP contribution in [0.4, 0.5) is 5.13 Å². The van der Waals surface area contributed by atoms with Crippen LogP contribution in [0, 0.1) is 0 Å². The highest BCUT2D eigenvalue weighted by Gasteiger charge is 2.14. The van der Waals surface area contributed by atoms with Gasteiger partial charge in [0.15, 0.2) is 10.9 Å². The van der Waals surface area contributed by atoms with E-state index in [1.807, 2.05) is 18.2 Å². The predicted octanol–water partition coefficient (Wildman–Crippen LogP) is 1.64. The van der Waals surface area contributed by atoms with Crippen molar-refractivity contribution in [3.8, 4) is 0 Å². The van der Waals surface area contributed by atoms with Crippen molar-refractivity contribution in [2.24, 2.45) is 7.05 Å². The van der Waals surface area contributed by atoms with Crippen LogP contribution < -0.4 is 11.0 Å². The van der Waals surface area contributed by atoms with Gasteiger partial charge in [-0.1, -0.05) is 12.1 Å². The maximum absolute atomic E-state index is 12.3. The number of carbonyl (C=O) groups is 2. The SMILES string of the molecule is CC(=O)c1csc(NC(=O)Cn2c(=O)n(C)c3ccccc32)n1. The zero-order valence-electron chi connectivity index (χ0n) is 12.6. The van der Waals surface area contributed by atoms with Crippen LogP contribution in [-0.2, 0) is 18.4 Å². The Morgan fingerprint density at radius 3 is 2.61 bits per heavy atom. The molecule has 2 heterocycles.